The summed E-state index contributed by atoms with van der Waals surface area (Å²) in [5, 5.41) is 3.39. The van der Waals surface area contributed by atoms with E-state index in [1.165, 1.54) is 16.7 Å². The van der Waals surface area contributed by atoms with Crippen LogP contribution < -0.4 is 10.1 Å². The van der Waals surface area contributed by atoms with E-state index in [2.05, 4.69) is 58.5 Å². The van der Waals surface area contributed by atoms with Gasteiger partial charge < -0.3 is 10.1 Å². The zero-order chi connectivity index (χ0) is 14.5. The van der Waals surface area contributed by atoms with E-state index in [0.717, 1.165) is 16.6 Å². The molecule has 0 aliphatic heterocycles. The monoisotopic (exact) mass is 333 g/mol. The third-order valence-corrected chi connectivity index (χ3v) is 4.22. The fourth-order valence-electron chi connectivity index (χ4n) is 2.36. The highest BCUT2D eigenvalue weighted by atomic mass is 79.9. The van der Waals surface area contributed by atoms with Crippen LogP contribution in [0, 0.1) is 0 Å². The number of halogens is 1. The van der Waals surface area contributed by atoms with Gasteiger partial charge in [-0.2, -0.15) is 0 Å². The molecule has 0 radical (unpaired) electrons. The Morgan fingerprint density at radius 1 is 1.20 bits per heavy atom. The van der Waals surface area contributed by atoms with Crippen molar-refractivity contribution in [3.05, 3.63) is 63.6 Å². The fourth-order valence-corrected chi connectivity index (χ4v) is 2.84. The van der Waals surface area contributed by atoms with Crippen molar-refractivity contribution in [2.24, 2.45) is 0 Å². The van der Waals surface area contributed by atoms with Crippen molar-refractivity contribution in [3.8, 4) is 5.75 Å². The Bertz CT molecular complexity index is 583. The van der Waals surface area contributed by atoms with E-state index >= 15 is 0 Å². The third kappa shape index (κ3) is 3.22. The summed E-state index contributed by atoms with van der Waals surface area (Å²) < 4.78 is 6.42. The second kappa shape index (κ2) is 6.91. The summed E-state index contributed by atoms with van der Waals surface area (Å²) in [6.07, 6.45) is 1.05. The highest BCUT2D eigenvalue weighted by Crippen LogP contribution is 2.31. The molecular formula is C17H20BrNO. The number of benzene rings is 2. The first-order valence-electron chi connectivity index (χ1n) is 6.79. The molecule has 1 atom stereocenters. The van der Waals surface area contributed by atoms with Gasteiger partial charge in [0.25, 0.3) is 0 Å². The molecule has 0 bridgehead atoms. The summed E-state index contributed by atoms with van der Waals surface area (Å²) in [6.45, 7) is 2.18. The summed E-state index contributed by atoms with van der Waals surface area (Å²) in [7, 11) is 3.67. The molecule has 2 nitrogen and oxygen atoms in total. The molecule has 2 aromatic carbocycles. The van der Waals surface area contributed by atoms with Gasteiger partial charge in [0.1, 0.15) is 5.75 Å². The summed E-state index contributed by atoms with van der Waals surface area (Å²) in [6, 6.07) is 14.9. The van der Waals surface area contributed by atoms with E-state index in [1.54, 1.807) is 7.11 Å². The van der Waals surface area contributed by atoms with Gasteiger partial charge in [-0.25, -0.2) is 0 Å². The number of rotatable bonds is 5. The molecule has 1 unspecified atom stereocenters. The van der Waals surface area contributed by atoms with E-state index in [9.17, 15) is 0 Å². The van der Waals surface area contributed by atoms with Gasteiger partial charge in [-0.1, -0.05) is 47.1 Å². The molecule has 0 saturated carbocycles. The first-order chi connectivity index (χ1) is 9.69. The van der Waals surface area contributed by atoms with Crippen molar-refractivity contribution >= 4 is 15.9 Å². The third-order valence-electron chi connectivity index (χ3n) is 3.50. The van der Waals surface area contributed by atoms with E-state index in [-0.39, 0.29) is 6.04 Å². The Hall–Kier alpha value is -1.32. The number of hydrogen-bond acceptors (Lipinski definition) is 2. The van der Waals surface area contributed by atoms with Crippen LogP contribution in [0.3, 0.4) is 0 Å². The zero-order valence-corrected chi connectivity index (χ0v) is 13.7. The van der Waals surface area contributed by atoms with Crippen LogP contribution in [0.4, 0.5) is 0 Å². The van der Waals surface area contributed by atoms with Gasteiger partial charge in [0.2, 0.25) is 0 Å². The molecule has 0 saturated heterocycles. The minimum atomic E-state index is 0.144. The van der Waals surface area contributed by atoms with Crippen LogP contribution in [0.25, 0.3) is 0 Å². The highest BCUT2D eigenvalue weighted by molar-refractivity contribution is 9.10. The van der Waals surface area contributed by atoms with Crippen molar-refractivity contribution in [2.75, 3.05) is 14.2 Å². The lowest BCUT2D eigenvalue weighted by atomic mass is 9.96. The molecular weight excluding hydrogens is 314 g/mol. The molecule has 1 N–H and O–H groups in total. The molecule has 2 aromatic rings. The number of methoxy groups -OCH3 is 1. The molecule has 0 aliphatic carbocycles. The molecule has 2 rings (SSSR count). The maximum atomic E-state index is 5.34. The molecule has 0 amide bonds. The van der Waals surface area contributed by atoms with Crippen molar-refractivity contribution in [1.29, 1.82) is 0 Å². The topological polar surface area (TPSA) is 21.3 Å². The van der Waals surface area contributed by atoms with E-state index < -0.39 is 0 Å². The van der Waals surface area contributed by atoms with Crippen LogP contribution in [-0.4, -0.2) is 14.2 Å². The van der Waals surface area contributed by atoms with Gasteiger partial charge in [0.15, 0.2) is 0 Å². The van der Waals surface area contributed by atoms with Crippen LogP contribution >= 0.6 is 15.9 Å². The number of nitrogens with one attached hydrogen (secondary N) is 1. The quantitative estimate of drug-likeness (QED) is 0.879. The van der Waals surface area contributed by atoms with Crippen LogP contribution in [0.5, 0.6) is 5.75 Å². The standard InChI is InChI=1S/C17H20BrNO/c1-4-12-6-5-7-13(10-12)17(19-2)15-11-14(20-3)8-9-16(15)18/h5-11,17,19H,4H2,1-3H3. The normalized spacial score (nSPS) is 12.2. The second-order valence-electron chi connectivity index (χ2n) is 4.71. The minimum Gasteiger partial charge on any atom is -0.497 e. The Balaban J connectivity index is 2.45. The average molecular weight is 334 g/mol. The maximum Gasteiger partial charge on any atom is 0.119 e. The molecule has 0 spiro atoms. The highest BCUT2D eigenvalue weighted by Gasteiger charge is 2.16. The first kappa shape index (κ1) is 15.1. The number of aryl methyl sites for hydroxylation is 1. The summed E-state index contributed by atoms with van der Waals surface area (Å²) in [4.78, 5) is 0. The lowest BCUT2D eigenvalue weighted by Crippen LogP contribution is -2.18. The Kier molecular flexibility index (Phi) is 5.21. The van der Waals surface area contributed by atoms with Crippen LogP contribution in [0.1, 0.15) is 29.7 Å². The molecule has 0 aromatic heterocycles. The molecule has 20 heavy (non-hydrogen) atoms. The predicted octanol–water partition coefficient (Wildman–Crippen LogP) is 4.33. The SMILES string of the molecule is CCc1cccc(C(NC)c2cc(OC)ccc2Br)c1. The Morgan fingerprint density at radius 2 is 2.00 bits per heavy atom. The minimum absolute atomic E-state index is 0.144. The summed E-state index contributed by atoms with van der Waals surface area (Å²) in [5.41, 5.74) is 3.79. The predicted molar refractivity (Wildman–Crippen MR) is 87.4 cm³/mol. The van der Waals surface area contributed by atoms with Gasteiger partial charge >= 0.3 is 0 Å². The average Bonchev–Trinajstić information content (AvgIpc) is 2.50. The van der Waals surface area contributed by atoms with Gasteiger partial charge in [0, 0.05) is 4.47 Å². The lowest BCUT2D eigenvalue weighted by Gasteiger charge is -2.20. The smallest absolute Gasteiger partial charge is 0.119 e. The van der Waals surface area contributed by atoms with Crippen molar-refractivity contribution in [3.63, 3.8) is 0 Å². The molecule has 0 fully saturated rings. The summed E-state index contributed by atoms with van der Waals surface area (Å²) >= 11 is 3.64. The van der Waals surface area contributed by atoms with Gasteiger partial charge in [-0.05, 0) is 48.4 Å². The molecule has 106 valence electrons. The fraction of sp³-hybridized carbons (Fsp3) is 0.294. The van der Waals surface area contributed by atoms with Crippen molar-refractivity contribution < 1.29 is 4.74 Å². The van der Waals surface area contributed by atoms with Crippen LogP contribution in [0.2, 0.25) is 0 Å². The second-order valence-corrected chi connectivity index (χ2v) is 5.56. The largest absolute Gasteiger partial charge is 0.497 e. The molecule has 3 heteroatoms. The van der Waals surface area contributed by atoms with Crippen LogP contribution in [-0.2, 0) is 6.42 Å². The molecule has 0 aliphatic rings. The van der Waals surface area contributed by atoms with E-state index in [0.29, 0.717) is 0 Å². The number of hydrogen-bond donors (Lipinski definition) is 1. The Labute approximate surface area is 129 Å². The first-order valence-corrected chi connectivity index (χ1v) is 7.58. The summed E-state index contributed by atoms with van der Waals surface area (Å²) in [5.74, 6) is 0.870. The lowest BCUT2D eigenvalue weighted by molar-refractivity contribution is 0.413. The van der Waals surface area contributed by atoms with E-state index in [1.807, 2.05) is 19.2 Å². The van der Waals surface area contributed by atoms with Crippen molar-refractivity contribution in [1.82, 2.24) is 5.32 Å². The van der Waals surface area contributed by atoms with Gasteiger partial charge in [-0.3, -0.25) is 0 Å². The van der Waals surface area contributed by atoms with Gasteiger partial charge in [-0.15, -0.1) is 0 Å². The van der Waals surface area contributed by atoms with Gasteiger partial charge in [0.05, 0.1) is 13.2 Å². The Morgan fingerprint density at radius 3 is 2.65 bits per heavy atom. The maximum absolute atomic E-state index is 5.34. The molecule has 0 heterocycles. The van der Waals surface area contributed by atoms with Crippen LogP contribution in [0.15, 0.2) is 46.9 Å². The van der Waals surface area contributed by atoms with E-state index in [4.69, 9.17) is 4.74 Å². The van der Waals surface area contributed by atoms with Crippen molar-refractivity contribution in [2.45, 2.75) is 19.4 Å². The zero-order valence-electron chi connectivity index (χ0n) is 12.1. The number of ether oxygens (including phenoxy) is 1.